The van der Waals surface area contributed by atoms with E-state index in [1.165, 1.54) is 0 Å². The second-order valence-corrected chi connectivity index (χ2v) is 7.28. The molecule has 0 bridgehead atoms. The molecule has 2 aliphatic rings. The minimum absolute atomic E-state index is 0.104. The first kappa shape index (κ1) is 19.0. The second kappa shape index (κ2) is 7.95. The lowest BCUT2D eigenvalue weighted by atomic mass is 10.0. The van der Waals surface area contributed by atoms with Gasteiger partial charge in [0.05, 0.1) is 13.7 Å². The maximum Gasteiger partial charge on any atom is 0.255 e. The van der Waals surface area contributed by atoms with Crippen LogP contribution in [0.5, 0.6) is 5.75 Å². The molecule has 1 aliphatic heterocycles. The van der Waals surface area contributed by atoms with Gasteiger partial charge in [-0.3, -0.25) is 14.4 Å². The van der Waals surface area contributed by atoms with Gasteiger partial charge in [-0.1, -0.05) is 30.3 Å². The maximum absolute atomic E-state index is 12.9. The van der Waals surface area contributed by atoms with Gasteiger partial charge in [-0.25, -0.2) is 0 Å². The minimum Gasteiger partial charge on any atom is -0.497 e. The van der Waals surface area contributed by atoms with Gasteiger partial charge in [-0.15, -0.1) is 0 Å². The molecule has 1 heterocycles. The van der Waals surface area contributed by atoms with E-state index in [1.807, 2.05) is 36.4 Å². The summed E-state index contributed by atoms with van der Waals surface area (Å²) in [7, 11) is 1.59. The van der Waals surface area contributed by atoms with Gasteiger partial charge in [0.25, 0.3) is 5.91 Å². The molecule has 0 aromatic heterocycles. The van der Waals surface area contributed by atoms with Crippen LogP contribution in [0, 0.1) is 0 Å². The number of amides is 3. The first-order chi connectivity index (χ1) is 14.1. The number of carbonyl (C=O) groups excluding carboxylic acids is 3. The first-order valence-electron chi connectivity index (χ1n) is 9.67. The Labute approximate surface area is 169 Å². The summed E-state index contributed by atoms with van der Waals surface area (Å²) in [4.78, 5) is 39.4. The quantitative estimate of drug-likeness (QED) is 0.751. The third kappa shape index (κ3) is 3.94. The van der Waals surface area contributed by atoms with Crippen LogP contribution >= 0.6 is 0 Å². The summed E-state index contributed by atoms with van der Waals surface area (Å²) in [5.74, 6) is -0.0102. The van der Waals surface area contributed by atoms with Crippen LogP contribution in [0.2, 0.25) is 0 Å². The van der Waals surface area contributed by atoms with Gasteiger partial charge in [0.15, 0.2) is 0 Å². The van der Waals surface area contributed by atoms with Crippen LogP contribution in [0.15, 0.2) is 48.5 Å². The number of nitrogens with one attached hydrogen (secondary N) is 2. The Hall–Kier alpha value is -3.35. The van der Waals surface area contributed by atoms with E-state index in [1.54, 1.807) is 24.1 Å². The lowest BCUT2D eigenvalue weighted by molar-refractivity contribution is -0.129. The Kier molecular flexibility index (Phi) is 5.20. The van der Waals surface area contributed by atoms with E-state index in [4.69, 9.17) is 4.74 Å². The summed E-state index contributed by atoms with van der Waals surface area (Å²) in [5.41, 5.74) is 2.18. The summed E-state index contributed by atoms with van der Waals surface area (Å²) in [6, 6.07) is 14.0. The molecule has 3 amide bonds. The number of hydrogen-bond donors (Lipinski definition) is 2. The third-order valence-electron chi connectivity index (χ3n) is 5.23. The van der Waals surface area contributed by atoms with Crippen LogP contribution in [0.4, 0.5) is 0 Å². The van der Waals surface area contributed by atoms with Gasteiger partial charge in [0, 0.05) is 18.2 Å². The van der Waals surface area contributed by atoms with E-state index in [-0.39, 0.29) is 30.3 Å². The largest absolute Gasteiger partial charge is 0.497 e. The molecule has 0 spiro atoms. The standard InChI is InChI=1S/C22H23N3O4/c1-29-16-6-4-5-14(11-16)12-23-19(26)13-24-21(27)20-17-7-2-3-8-18(17)22(28)25(20)15-9-10-15/h2-8,11,15,20H,9-10,12-13H2,1H3,(H,23,26)(H,24,27). The van der Waals surface area contributed by atoms with Gasteiger partial charge in [-0.05, 0) is 42.2 Å². The highest BCUT2D eigenvalue weighted by atomic mass is 16.5. The molecule has 150 valence electrons. The number of rotatable bonds is 7. The van der Waals surface area contributed by atoms with Crippen LogP contribution in [-0.4, -0.2) is 42.3 Å². The van der Waals surface area contributed by atoms with E-state index in [9.17, 15) is 14.4 Å². The van der Waals surface area contributed by atoms with Crippen LogP contribution in [-0.2, 0) is 16.1 Å². The Morgan fingerprint density at radius 2 is 1.90 bits per heavy atom. The van der Waals surface area contributed by atoms with Crippen LogP contribution in [0.3, 0.4) is 0 Å². The van der Waals surface area contributed by atoms with Crippen molar-refractivity contribution in [3.63, 3.8) is 0 Å². The Bertz CT molecular complexity index is 955. The normalized spacial score (nSPS) is 17.6. The maximum atomic E-state index is 12.9. The van der Waals surface area contributed by atoms with Crippen molar-refractivity contribution in [1.29, 1.82) is 0 Å². The van der Waals surface area contributed by atoms with E-state index in [2.05, 4.69) is 10.6 Å². The lowest BCUT2D eigenvalue weighted by Crippen LogP contribution is -2.43. The lowest BCUT2D eigenvalue weighted by Gasteiger charge is -2.24. The molecule has 2 aromatic carbocycles. The summed E-state index contributed by atoms with van der Waals surface area (Å²) < 4.78 is 5.17. The minimum atomic E-state index is -0.669. The van der Waals surface area contributed by atoms with Crippen LogP contribution < -0.4 is 15.4 Å². The molecule has 2 N–H and O–H groups in total. The van der Waals surface area contributed by atoms with Crippen LogP contribution in [0.1, 0.15) is 40.4 Å². The highest BCUT2D eigenvalue weighted by Crippen LogP contribution is 2.41. The molecule has 1 saturated carbocycles. The molecule has 2 aromatic rings. The summed E-state index contributed by atoms with van der Waals surface area (Å²) in [6.07, 6.45) is 1.81. The molecule has 7 nitrogen and oxygen atoms in total. The van der Waals surface area contributed by atoms with Crippen molar-refractivity contribution in [2.24, 2.45) is 0 Å². The smallest absolute Gasteiger partial charge is 0.255 e. The van der Waals surface area contributed by atoms with Gasteiger partial charge in [-0.2, -0.15) is 0 Å². The molecular formula is C22H23N3O4. The molecule has 0 saturated heterocycles. The average molecular weight is 393 g/mol. The van der Waals surface area contributed by atoms with Crippen molar-refractivity contribution in [3.8, 4) is 5.75 Å². The van der Waals surface area contributed by atoms with Crippen molar-refractivity contribution in [2.45, 2.75) is 31.5 Å². The highest BCUT2D eigenvalue weighted by Gasteiger charge is 2.47. The summed E-state index contributed by atoms with van der Waals surface area (Å²) >= 11 is 0. The Morgan fingerprint density at radius 3 is 2.66 bits per heavy atom. The molecule has 1 aliphatic carbocycles. The number of ether oxygens (including phenoxy) is 1. The summed E-state index contributed by atoms with van der Waals surface area (Å²) in [6.45, 7) is 0.193. The van der Waals surface area contributed by atoms with Gasteiger partial charge in [0.2, 0.25) is 11.8 Å². The van der Waals surface area contributed by atoms with Gasteiger partial charge in [0.1, 0.15) is 11.8 Å². The van der Waals surface area contributed by atoms with Gasteiger partial charge < -0.3 is 20.3 Å². The van der Waals surface area contributed by atoms with Crippen molar-refractivity contribution in [3.05, 3.63) is 65.2 Å². The Morgan fingerprint density at radius 1 is 1.10 bits per heavy atom. The van der Waals surface area contributed by atoms with Crippen molar-refractivity contribution in [1.82, 2.24) is 15.5 Å². The molecule has 1 fully saturated rings. The molecule has 0 radical (unpaired) electrons. The topological polar surface area (TPSA) is 87.7 Å². The van der Waals surface area contributed by atoms with Gasteiger partial charge >= 0.3 is 0 Å². The molecular weight excluding hydrogens is 370 g/mol. The van der Waals surface area contributed by atoms with E-state index < -0.39 is 6.04 Å². The van der Waals surface area contributed by atoms with Crippen molar-refractivity contribution in [2.75, 3.05) is 13.7 Å². The molecule has 1 atom stereocenters. The second-order valence-electron chi connectivity index (χ2n) is 7.28. The fourth-order valence-corrected chi connectivity index (χ4v) is 3.64. The predicted molar refractivity (Wildman–Crippen MR) is 106 cm³/mol. The van der Waals surface area contributed by atoms with Crippen molar-refractivity contribution < 1.29 is 19.1 Å². The number of nitrogens with zero attached hydrogens (tertiary/aromatic N) is 1. The Balaban J connectivity index is 1.36. The fourth-order valence-electron chi connectivity index (χ4n) is 3.64. The zero-order valence-electron chi connectivity index (χ0n) is 16.2. The van der Waals surface area contributed by atoms with Crippen LogP contribution in [0.25, 0.3) is 0 Å². The number of carbonyl (C=O) groups is 3. The number of hydrogen-bond acceptors (Lipinski definition) is 4. The van der Waals surface area contributed by atoms with E-state index in [0.717, 1.165) is 24.2 Å². The SMILES string of the molecule is COc1cccc(CNC(=O)CNC(=O)C2c3ccccc3C(=O)N2C2CC2)c1. The van der Waals surface area contributed by atoms with E-state index >= 15 is 0 Å². The number of methoxy groups -OCH3 is 1. The first-order valence-corrected chi connectivity index (χ1v) is 9.67. The fraction of sp³-hybridized carbons (Fsp3) is 0.318. The average Bonchev–Trinajstić information content (AvgIpc) is 3.54. The van der Waals surface area contributed by atoms with E-state index in [0.29, 0.717) is 17.7 Å². The monoisotopic (exact) mass is 393 g/mol. The zero-order chi connectivity index (χ0) is 20.4. The third-order valence-corrected chi connectivity index (χ3v) is 5.23. The van der Waals surface area contributed by atoms with Crippen molar-refractivity contribution >= 4 is 17.7 Å². The highest BCUT2D eigenvalue weighted by molar-refractivity contribution is 6.05. The molecule has 4 rings (SSSR count). The molecule has 1 unspecified atom stereocenters. The molecule has 7 heteroatoms. The summed E-state index contributed by atoms with van der Waals surface area (Å²) in [5, 5.41) is 5.47. The number of fused-ring (bicyclic) bond motifs is 1. The zero-order valence-corrected chi connectivity index (χ0v) is 16.2. The molecule has 29 heavy (non-hydrogen) atoms. The predicted octanol–water partition coefficient (Wildman–Crippen LogP) is 1.79. The number of benzene rings is 2.